The van der Waals surface area contributed by atoms with Crippen LogP contribution in [0.5, 0.6) is 0 Å². The zero-order valence-corrected chi connectivity index (χ0v) is 16.9. The SMILES string of the molecule is N#Cc1nn(-c2cc(Cl)c(Cc3nn(C4CCCC4)c(=O)o3)c(Cl)c2)c(=O)[nH]c1=O. The van der Waals surface area contributed by atoms with E-state index in [2.05, 4.69) is 10.2 Å². The summed E-state index contributed by atoms with van der Waals surface area (Å²) in [5, 5.41) is 17.3. The topological polar surface area (TPSA) is 140 Å². The van der Waals surface area contributed by atoms with E-state index in [4.69, 9.17) is 32.9 Å². The second-order valence-electron chi connectivity index (χ2n) is 6.84. The largest absolute Gasteiger partial charge is 0.437 e. The Bertz CT molecular complexity index is 1320. The smallest absolute Gasteiger partial charge is 0.392 e. The van der Waals surface area contributed by atoms with Gasteiger partial charge in [-0.05, 0) is 30.5 Å². The number of nitrogens with one attached hydrogen (secondary N) is 1. The molecule has 1 aromatic carbocycles. The molecule has 3 aromatic rings. The van der Waals surface area contributed by atoms with E-state index in [9.17, 15) is 14.4 Å². The first-order valence-electron chi connectivity index (χ1n) is 9.08. The van der Waals surface area contributed by atoms with Crippen LogP contribution in [0.3, 0.4) is 0 Å². The Morgan fingerprint density at radius 3 is 2.47 bits per heavy atom. The van der Waals surface area contributed by atoms with E-state index in [1.165, 1.54) is 16.8 Å². The molecule has 0 aliphatic heterocycles. The molecule has 1 N–H and O–H groups in total. The Morgan fingerprint density at radius 1 is 1.17 bits per heavy atom. The predicted octanol–water partition coefficient (Wildman–Crippen LogP) is 1.95. The molecule has 0 radical (unpaired) electrons. The minimum atomic E-state index is -0.888. The van der Waals surface area contributed by atoms with Gasteiger partial charge in [-0.25, -0.2) is 9.59 Å². The van der Waals surface area contributed by atoms with E-state index in [0.717, 1.165) is 30.4 Å². The highest BCUT2D eigenvalue weighted by Crippen LogP contribution is 2.30. The van der Waals surface area contributed by atoms with Gasteiger partial charge in [-0.1, -0.05) is 36.0 Å². The Morgan fingerprint density at radius 2 is 1.83 bits per heavy atom. The van der Waals surface area contributed by atoms with Crippen LogP contribution < -0.4 is 17.0 Å². The number of benzene rings is 1. The van der Waals surface area contributed by atoms with Gasteiger partial charge in [-0.2, -0.15) is 14.6 Å². The van der Waals surface area contributed by atoms with Gasteiger partial charge in [0.1, 0.15) is 6.07 Å². The van der Waals surface area contributed by atoms with E-state index < -0.39 is 22.7 Å². The van der Waals surface area contributed by atoms with Gasteiger partial charge >= 0.3 is 11.4 Å². The van der Waals surface area contributed by atoms with E-state index >= 15 is 0 Å². The minimum absolute atomic E-state index is 0.0378. The molecule has 154 valence electrons. The molecule has 0 atom stereocenters. The maximum atomic E-state index is 12.1. The molecule has 2 heterocycles. The molecule has 0 bridgehead atoms. The number of H-pyrrole nitrogens is 1. The minimum Gasteiger partial charge on any atom is -0.392 e. The lowest BCUT2D eigenvalue weighted by Gasteiger charge is -2.10. The van der Waals surface area contributed by atoms with E-state index in [1.807, 2.05) is 4.98 Å². The normalized spacial score (nSPS) is 14.2. The van der Waals surface area contributed by atoms with E-state index in [1.54, 1.807) is 6.07 Å². The van der Waals surface area contributed by atoms with Gasteiger partial charge in [-0.3, -0.25) is 9.78 Å². The van der Waals surface area contributed by atoms with Crippen molar-refractivity contribution in [3.8, 4) is 11.8 Å². The number of hydrogen-bond donors (Lipinski definition) is 1. The summed E-state index contributed by atoms with van der Waals surface area (Å²) in [6.07, 6.45) is 3.93. The third kappa shape index (κ3) is 3.69. The summed E-state index contributed by atoms with van der Waals surface area (Å²) in [5.74, 6) is -0.344. The van der Waals surface area contributed by atoms with Gasteiger partial charge in [0.05, 0.1) is 18.2 Å². The van der Waals surface area contributed by atoms with Crippen molar-refractivity contribution in [2.24, 2.45) is 0 Å². The fourth-order valence-corrected chi connectivity index (χ4v) is 4.07. The van der Waals surface area contributed by atoms with Crippen molar-refractivity contribution >= 4 is 23.2 Å². The monoisotopic (exact) mass is 448 g/mol. The summed E-state index contributed by atoms with van der Waals surface area (Å²) in [7, 11) is 0. The number of aromatic nitrogens is 5. The number of nitriles is 1. The summed E-state index contributed by atoms with van der Waals surface area (Å²) in [6, 6.07) is 4.45. The molecule has 1 saturated carbocycles. The maximum Gasteiger partial charge on any atom is 0.437 e. The Labute approximate surface area is 178 Å². The first-order chi connectivity index (χ1) is 14.4. The van der Waals surface area contributed by atoms with Crippen molar-refractivity contribution in [1.82, 2.24) is 24.5 Å². The molecular weight excluding hydrogens is 435 g/mol. The van der Waals surface area contributed by atoms with Crippen molar-refractivity contribution in [2.75, 3.05) is 0 Å². The third-order valence-electron chi connectivity index (χ3n) is 4.91. The van der Waals surface area contributed by atoms with Gasteiger partial charge < -0.3 is 4.42 Å². The second kappa shape index (κ2) is 7.93. The van der Waals surface area contributed by atoms with Crippen molar-refractivity contribution in [2.45, 2.75) is 38.1 Å². The molecule has 0 spiro atoms. The summed E-state index contributed by atoms with van der Waals surface area (Å²) >= 11 is 12.7. The van der Waals surface area contributed by atoms with Crippen LogP contribution in [0.4, 0.5) is 0 Å². The average molecular weight is 449 g/mol. The lowest BCUT2D eigenvalue weighted by atomic mass is 10.1. The Kier molecular flexibility index (Phi) is 5.32. The molecule has 10 nitrogen and oxygen atoms in total. The predicted molar refractivity (Wildman–Crippen MR) is 106 cm³/mol. The molecule has 12 heteroatoms. The number of aromatic amines is 1. The lowest BCUT2D eigenvalue weighted by Crippen LogP contribution is -2.33. The average Bonchev–Trinajstić information content (AvgIpc) is 3.34. The van der Waals surface area contributed by atoms with Crippen LogP contribution in [0.15, 0.2) is 30.9 Å². The van der Waals surface area contributed by atoms with Crippen LogP contribution in [0.1, 0.15) is 48.9 Å². The van der Waals surface area contributed by atoms with Crippen LogP contribution >= 0.6 is 23.2 Å². The van der Waals surface area contributed by atoms with Crippen molar-refractivity contribution < 1.29 is 4.42 Å². The first kappa shape index (κ1) is 20.1. The fourth-order valence-electron chi connectivity index (χ4n) is 3.46. The van der Waals surface area contributed by atoms with Gasteiger partial charge in [0.25, 0.3) is 5.56 Å². The number of rotatable bonds is 4. The molecule has 4 rings (SSSR count). The fraction of sp³-hybridized carbons (Fsp3) is 0.333. The van der Waals surface area contributed by atoms with Crippen LogP contribution in [0.2, 0.25) is 10.0 Å². The summed E-state index contributed by atoms with van der Waals surface area (Å²) in [6.45, 7) is 0. The second-order valence-corrected chi connectivity index (χ2v) is 7.66. The zero-order valence-electron chi connectivity index (χ0n) is 15.4. The number of halogens is 2. The van der Waals surface area contributed by atoms with Crippen LogP contribution in [0.25, 0.3) is 5.69 Å². The third-order valence-corrected chi connectivity index (χ3v) is 5.59. The van der Waals surface area contributed by atoms with E-state index in [0.29, 0.717) is 5.56 Å². The van der Waals surface area contributed by atoms with Crippen LogP contribution in [-0.2, 0) is 6.42 Å². The van der Waals surface area contributed by atoms with Crippen molar-refractivity contribution in [3.05, 3.63) is 70.7 Å². The summed E-state index contributed by atoms with van der Waals surface area (Å²) in [5.41, 5.74) is -1.62. The first-order valence-corrected chi connectivity index (χ1v) is 9.83. The number of hydrogen-bond acceptors (Lipinski definition) is 7. The molecular formula is C18H14Cl2N6O4. The molecule has 2 aromatic heterocycles. The van der Waals surface area contributed by atoms with Crippen LogP contribution in [-0.4, -0.2) is 24.5 Å². The van der Waals surface area contributed by atoms with Crippen molar-refractivity contribution in [3.63, 3.8) is 0 Å². The highest BCUT2D eigenvalue weighted by atomic mass is 35.5. The van der Waals surface area contributed by atoms with Crippen molar-refractivity contribution in [1.29, 1.82) is 5.26 Å². The van der Waals surface area contributed by atoms with Crippen LogP contribution in [0, 0.1) is 11.3 Å². The van der Waals surface area contributed by atoms with Gasteiger partial charge in [-0.15, -0.1) is 10.2 Å². The van der Waals surface area contributed by atoms with E-state index in [-0.39, 0.29) is 34.1 Å². The number of nitrogens with zero attached hydrogens (tertiary/aromatic N) is 5. The molecule has 0 amide bonds. The lowest BCUT2D eigenvalue weighted by molar-refractivity contribution is 0.407. The zero-order chi connectivity index (χ0) is 21.4. The highest BCUT2D eigenvalue weighted by Gasteiger charge is 2.23. The molecule has 1 aliphatic rings. The molecule has 30 heavy (non-hydrogen) atoms. The Balaban J connectivity index is 1.69. The maximum absolute atomic E-state index is 12.1. The summed E-state index contributed by atoms with van der Waals surface area (Å²) in [4.78, 5) is 37.7. The van der Waals surface area contributed by atoms with Gasteiger partial charge in [0, 0.05) is 10.0 Å². The molecule has 0 saturated heterocycles. The Hall–Kier alpha value is -3.16. The molecule has 0 unspecified atom stereocenters. The molecule has 1 aliphatic carbocycles. The van der Waals surface area contributed by atoms with Gasteiger partial charge in [0.15, 0.2) is 0 Å². The molecule has 1 fully saturated rings. The van der Waals surface area contributed by atoms with Gasteiger partial charge in [0.2, 0.25) is 11.6 Å². The summed E-state index contributed by atoms with van der Waals surface area (Å²) < 4.78 is 7.44. The highest BCUT2D eigenvalue weighted by molar-refractivity contribution is 6.36. The quantitative estimate of drug-likeness (QED) is 0.642. The standard InChI is InChI=1S/C18H14Cl2N6O4/c19-12-5-10(25-17(28)22-16(27)14(8-21)23-25)6-13(20)11(12)7-15-24-26(18(29)30-15)9-3-1-2-4-9/h5-6,9H,1-4,7H2,(H,22,27,28).